The molecule has 0 saturated heterocycles. The summed E-state index contributed by atoms with van der Waals surface area (Å²) in [6.07, 6.45) is 2.66. The molecule has 1 aromatic heterocycles. The number of guanidine groups is 1. The van der Waals surface area contributed by atoms with Crippen LogP contribution in [0.25, 0.3) is 0 Å². The zero-order valence-corrected chi connectivity index (χ0v) is 8.54. The quantitative estimate of drug-likeness (QED) is 0.459. The molecular formula is C9H15N5. The van der Waals surface area contributed by atoms with E-state index in [9.17, 15) is 0 Å². The minimum absolute atomic E-state index is 0.560. The SMILES string of the molecule is CN(C)C(=N)N1CCc2nc[nH]c2C1. The van der Waals surface area contributed by atoms with Crippen molar-refractivity contribution in [3.8, 4) is 0 Å². The van der Waals surface area contributed by atoms with E-state index in [1.165, 1.54) is 0 Å². The smallest absolute Gasteiger partial charge is 0.193 e. The number of aromatic amines is 1. The number of hydrogen-bond acceptors (Lipinski definition) is 2. The van der Waals surface area contributed by atoms with Crippen molar-refractivity contribution in [2.45, 2.75) is 13.0 Å². The van der Waals surface area contributed by atoms with E-state index in [4.69, 9.17) is 5.41 Å². The molecule has 14 heavy (non-hydrogen) atoms. The van der Waals surface area contributed by atoms with E-state index in [0.29, 0.717) is 5.96 Å². The highest BCUT2D eigenvalue weighted by Gasteiger charge is 2.20. The van der Waals surface area contributed by atoms with Gasteiger partial charge in [0.05, 0.1) is 24.3 Å². The highest BCUT2D eigenvalue weighted by Crippen LogP contribution is 2.14. The zero-order chi connectivity index (χ0) is 10.1. The monoisotopic (exact) mass is 193 g/mol. The molecule has 0 unspecified atom stereocenters. The fourth-order valence-electron chi connectivity index (χ4n) is 1.68. The number of aromatic nitrogens is 2. The third-order valence-corrected chi connectivity index (χ3v) is 2.50. The van der Waals surface area contributed by atoms with Gasteiger partial charge in [0.2, 0.25) is 0 Å². The second kappa shape index (κ2) is 3.32. The number of hydrogen-bond donors (Lipinski definition) is 2. The average molecular weight is 193 g/mol. The van der Waals surface area contributed by atoms with Gasteiger partial charge in [0.1, 0.15) is 0 Å². The maximum Gasteiger partial charge on any atom is 0.193 e. The van der Waals surface area contributed by atoms with Crippen LogP contribution < -0.4 is 0 Å². The lowest BCUT2D eigenvalue weighted by atomic mass is 10.1. The normalized spacial score (nSPS) is 15.1. The van der Waals surface area contributed by atoms with Gasteiger partial charge in [-0.2, -0.15) is 0 Å². The van der Waals surface area contributed by atoms with Crippen molar-refractivity contribution in [3.05, 3.63) is 17.7 Å². The first-order chi connectivity index (χ1) is 6.68. The van der Waals surface area contributed by atoms with Crippen LogP contribution in [-0.2, 0) is 13.0 Å². The van der Waals surface area contributed by atoms with Crippen molar-refractivity contribution >= 4 is 5.96 Å². The predicted molar refractivity (Wildman–Crippen MR) is 54.1 cm³/mol. The van der Waals surface area contributed by atoms with Crippen molar-refractivity contribution in [2.75, 3.05) is 20.6 Å². The fourth-order valence-corrected chi connectivity index (χ4v) is 1.68. The minimum Gasteiger partial charge on any atom is -0.349 e. The van der Waals surface area contributed by atoms with E-state index >= 15 is 0 Å². The molecule has 1 aromatic rings. The molecule has 0 aromatic carbocycles. The molecule has 5 heteroatoms. The third-order valence-electron chi connectivity index (χ3n) is 2.50. The zero-order valence-electron chi connectivity index (χ0n) is 8.54. The van der Waals surface area contributed by atoms with E-state index in [0.717, 1.165) is 30.9 Å². The van der Waals surface area contributed by atoms with Gasteiger partial charge in [0, 0.05) is 27.1 Å². The van der Waals surface area contributed by atoms with Crippen LogP contribution in [0.15, 0.2) is 6.33 Å². The number of imidazole rings is 1. The molecule has 2 heterocycles. The lowest BCUT2D eigenvalue weighted by Gasteiger charge is -2.31. The summed E-state index contributed by atoms with van der Waals surface area (Å²) in [6, 6.07) is 0. The number of fused-ring (bicyclic) bond motifs is 1. The summed E-state index contributed by atoms with van der Waals surface area (Å²) < 4.78 is 0. The molecule has 1 aliphatic heterocycles. The molecule has 2 N–H and O–H groups in total. The van der Waals surface area contributed by atoms with Crippen LogP contribution in [0.2, 0.25) is 0 Å². The van der Waals surface area contributed by atoms with Crippen LogP contribution >= 0.6 is 0 Å². The summed E-state index contributed by atoms with van der Waals surface area (Å²) in [5.41, 5.74) is 2.29. The van der Waals surface area contributed by atoms with Gasteiger partial charge in [-0.25, -0.2) is 4.98 Å². The number of nitrogens with one attached hydrogen (secondary N) is 2. The van der Waals surface area contributed by atoms with E-state index in [1.807, 2.05) is 23.9 Å². The van der Waals surface area contributed by atoms with E-state index < -0.39 is 0 Å². The van der Waals surface area contributed by atoms with Gasteiger partial charge in [0.25, 0.3) is 0 Å². The molecule has 0 bridgehead atoms. The number of nitrogens with zero attached hydrogens (tertiary/aromatic N) is 3. The van der Waals surface area contributed by atoms with Crippen LogP contribution in [0, 0.1) is 5.41 Å². The van der Waals surface area contributed by atoms with Gasteiger partial charge in [-0.05, 0) is 0 Å². The molecule has 0 atom stereocenters. The number of H-pyrrole nitrogens is 1. The van der Waals surface area contributed by atoms with Gasteiger partial charge in [-0.3, -0.25) is 5.41 Å². The van der Waals surface area contributed by atoms with Crippen molar-refractivity contribution in [2.24, 2.45) is 0 Å². The topological polar surface area (TPSA) is 59.0 Å². The Balaban J connectivity index is 2.11. The molecule has 0 saturated carbocycles. The summed E-state index contributed by atoms with van der Waals surface area (Å²) in [5.74, 6) is 0.560. The van der Waals surface area contributed by atoms with Crippen LogP contribution in [0.1, 0.15) is 11.4 Å². The fraction of sp³-hybridized carbons (Fsp3) is 0.556. The van der Waals surface area contributed by atoms with Gasteiger partial charge < -0.3 is 14.8 Å². The average Bonchev–Trinajstić information content (AvgIpc) is 2.62. The lowest BCUT2D eigenvalue weighted by molar-refractivity contribution is 0.337. The molecule has 2 rings (SSSR count). The first-order valence-electron chi connectivity index (χ1n) is 4.70. The Morgan fingerprint density at radius 3 is 3.14 bits per heavy atom. The summed E-state index contributed by atoms with van der Waals surface area (Å²) in [7, 11) is 3.79. The molecule has 0 aliphatic carbocycles. The largest absolute Gasteiger partial charge is 0.349 e. The maximum absolute atomic E-state index is 7.85. The Kier molecular flexibility index (Phi) is 2.15. The second-order valence-electron chi connectivity index (χ2n) is 3.72. The van der Waals surface area contributed by atoms with E-state index in [2.05, 4.69) is 9.97 Å². The Hall–Kier alpha value is -1.52. The van der Waals surface area contributed by atoms with Gasteiger partial charge in [0.15, 0.2) is 5.96 Å². The van der Waals surface area contributed by atoms with Crippen molar-refractivity contribution in [1.29, 1.82) is 5.41 Å². The minimum atomic E-state index is 0.560. The number of rotatable bonds is 0. The molecule has 0 amide bonds. The van der Waals surface area contributed by atoms with Crippen molar-refractivity contribution in [1.82, 2.24) is 19.8 Å². The van der Waals surface area contributed by atoms with Crippen molar-refractivity contribution in [3.63, 3.8) is 0 Å². The molecule has 0 radical (unpaired) electrons. The Morgan fingerprint density at radius 2 is 2.43 bits per heavy atom. The Bertz CT molecular complexity index is 341. The maximum atomic E-state index is 7.85. The van der Waals surface area contributed by atoms with E-state index in [-0.39, 0.29) is 0 Å². The van der Waals surface area contributed by atoms with Crippen LogP contribution in [0.5, 0.6) is 0 Å². The third kappa shape index (κ3) is 1.45. The van der Waals surface area contributed by atoms with Gasteiger partial charge in [-0.1, -0.05) is 0 Å². The van der Waals surface area contributed by atoms with Crippen LogP contribution in [0.4, 0.5) is 0 Å². The molecular weight excluding hydrogens is 178 g/mol. The summed E-state index contributed by atoms with van der Waals surface area (Å²) in [4.78, 5) is 11.2. The molecule has 0 fully saturated rings. The van der Waals surface area contributed by atoms with E-state index in [1.54, 1.807) is 6.33 Å². The van der Waals surface area contributed by atoms with Gasteiger partial charge in [-0.15, -0.1) is 0 Å². The standard InChI is InChI=1S/C9H15N5/c1-13(2)9(10)14-4-3-7-8(5-14)12-6-11-7/h6,10H,3-5H2,1-2H3,(H,11,12). The summed E-state index contributed by atoms with van der Waals surface area (Å²) >= 11 is 0. The van der Waals surface area contributed by atoms with Gasteiger partial charge >= 0.3 is 0 Å². The Morgan fingerprint density at radius 1 is 1.64 bits per heavy atom. The molecule has 1 aliphatic rings. The highest BCUT2D eigenvalue weighted by atomic mass is 15.3. The molecule has 0 spiro atoms. The lowest BCUT2D eigenvalue weighted by Crippen LogP contribution is -2.42. The first-order valence-corrected chi connectivity index (χ1v) is 4.70. The predicted octanol–water partition coefficient (Wildman–Crippen LogP) is 0.264. The van der Waals surface area contributed by atoms with Crippen LogP contribution in [0.3, 0.4) is 0 Å². The second-order valence-corrected chi connectivity index (χ2v) is 3.72. The first kappa shape index (κ1) is 9.05. The van der Waals surface area contributed by atoms with Crippen LogP contribution in [-0.4, -0.2) is 46.4 Å². The molecule has 76 valence electrons. The highest BCUT2D eigenvalue weighted by molar-refractivity contribution is 5.76. The summed E-state index contributed by atoms with van der Waals surface area (Å²) in [5, 5.41) is 7.85. The van der Waals surface area contributed by atoms with Crippen molar-refractivity contribution < 1.29 is 0 Å². The summed E-state index contributed by atoms with van der Waals surface area (Å²) in [6.45, 7) is 1.65. The Labute approximate surface area is 83.2 Å². The molecule has 5 nitrogen and oxygen atoms in total.